The molecule has 1 heterocycles. The number of sulfonamides is 1. The molecule has 1 aromatic rings. The van der Waals surface area contributed by atoms with Crippen molar-refractivity contribution < 1.29 is 13.2 Å². The fourth-order valence-electron chi connectivity index (χ4n) is 0.891. The monoisotopic (exact) mass is 219 g/mol. The third kappa shape index (κ3) is 2.79. The van der Waals surface area contributed by atoms with Gasteiger partial charge in [-0.05, 0) is 6.92 Å². The second-order valence-electron chi connectivity index (χ2n) is 2.72. The summed E-state index contributed by atoms with van der Waals surface area (Å²) in [6.45, 7) is 2.28. The van der Waals surface area contributed by atoms with Gasteiger partial charge in [0, 0.05) is 13.7 Å². The molecule has 0 aliphatic heterocycles. The molecule has 0 aromatic carbocycles. The summed E-state index contributed by atoms with van der Waals surface area (Å²) in [4.78, 5) is 6.45. The Kier molecular flexibility index (Phi) is 3.62. The third-order valence-corrected chi connectivity index (χ3v) is 2.94. The van der Waals surface area contributed by atoms with Gasteiger partial charge >= 0.3 is 0 Å². The molecule has 80 valence electrons. The van der Waals surface area contributed by atoms with E-state index in [9.17, 15) is 8.42 Å². The highest BCUT2D eigenvalue weighted by molar-refractivity contribution is 7.89. The highest BCUT2D eigenvalue weighted by Crippen LogP contribution is 2.03. The van der Waals surface area contributed by atoms with Crippen molar-refractivity contribution in [2.24, 2.45) is 0 Å². The van der Waals surface area contributed by atoms with Crippen molar-refractivity contribution in [2.75, 3.05) is 20.3 Å². The molecule has 0 saturated carbocycles. The minimum atomic E-state index is -3.46. The summed E-state index contributed by atoms with van der Waals surface area (Å²) in [5, 5.41) is 0.0751. The van der Waals surface area contributed by atoms with Crippen molar-refractivity contribution in [1.29, 1.82) is 0 Å². The lowest BCUT2D eigenvalue weighted by Crippen LogP contribution is -2.27. The Bertz CT molecular complexity index is 385. The lowest BCUT2D eigenvalue weighted by molar-refractivity contribution is 0.204. The molecule has 0 amide bonds. The molecule has 0 atom stereocenters. The van der Waals surface area contributed by atoms with Crippen LogP contribution < -0.4 is 4.72 Å². The number of imidazole rings is 1. The normalized spacial score (nSPS) is 11.9. The molecule has 0 radical (unpaired) electrons. The van der Waals surface area contributed by atoms with Crippen LogP contribution in [0.25, 0.3) is 0 Å². The third-order valence-electron chi connectivity index (χ3n) is 1.57. The number of methoxy groups -OCH3 is 1. The topological polar surface area (TPSA) is 84.1 Å². The predicted octanol–water partition coefficient (Wildman–Crippen LogP) is -0.357. The standard InChI is InChI=1S/C7H13N3O3S/c1-6-8-5-7(10-6)14(11,12)9-3-4-13-2/h5,9H,3-4H2,1-2H3,(H,8,10). The van der Waals surface area contributed by atoms with Gasteiger partial charge < -0.3 is 9.72 Å². The summed E-state index contributed by atoms with van der Waals surface area (Å²) in [6.07, 6.45) is 1.28. The zero-order valence-electron chi connectivity index (χ0n) is 8.07. The maximum atomic E-state index is 11.5. The Labute approximate surface area is 82.7 Å². The van der Waals surface area contributed by atoms with Crippen molar-refractivity contribution in [1.82, 2.24) is 14.7 Å². The Morgan fingerprint density at radius 2 is 2.36 bits per heavy atom. The number of aryl methyl sites for hydroxylation is 1. The SMILES string of the molecule is COCCNS(=O)(=O)c1cnc(C)[nH]1. The molecule has 0 bridgehead atoms. The summed E-state index contributed by atoms with van der Waals surface area (Å²) < 4.78 is 30.1. The van der Waals surface area contributed by atoms with Gasteiger partial charge in [0.15, 0.2) is 5.03 Å². The smallest absolute Gasteiger partial charge is 0.257 e. The van der Waals surface area contributed by atoms with Crippen LogP contribution in [0, 0.1) is 6.92 Å². The number of nitrogens with zero attached hydrogens (tertiary/aromatic N) is 1. The molecule has 0 fully saturated rings. The highest BCUT2D eigenvalue weighted by atomic mass is 32.2. The first-order valence-corrected chi connectivity index (χ1v) is 5.55. The molecule has 0 unspecified atom stereocenters. The zero-order chi connectivity index (χ0) is 10.6. The van der Waals surface area contributed by atoms with E-state index in [1.165, 1.54) is 13.3 Å². The summed E-state index contributed by atoms with van der Waals surface area (Å²) in [7, 11) is -1.95. The molecule has 1 aromatic heterocycles. The average molecular weight is 219 g/mol. The van der Waals surface area contributed by atoms with Crippen LogP contribution in [0.2, 0.25) is 0 Å². The van der Waals surface area contributed by atoms with Gasteiger partial charge in [-0.15, -0.1) is 0 Å². The van der Waals surface area contributed by atoms with E-state index in [4.69, 9.17) is 4.74 Å². The molecule has 7 heteroatoms. The molecule has 1 rings (SSSR count). The van der Waals surface area contributed by atoms with Crippen LogP contribution in [0.5, 0.6) is 0 Å². The number of ether oxygens (including phenoxy) is 1. The van der Waals surface area contributed by atoms with Gasteiger partial charge in [0.1, 0.15) is 5.82 Å². The largest absolute Gasteiger partial charge is 0.383 e. The number of H-pyrrole nitrogens is 1. The second kappa shape index (κ2) is 4.54. The van der Waals surface area contributed by atoms with E-state index in [2.05, 4.69) is 14.7 Å². The highest BCUT2D eigenvalue weighted by Gasteiger charge is 2.15. The van der Waals surface area contributed by atoms with E-state index >= 15 is 0 Å². The van der Waals surface area contributed by atoms with Crippen LogP contribution in [0.15, 0.2) is 11.2 Å². The summed E-state index contributed by atoms with van der Waals surface area (Å²) >= 11 is 0. The Morgan fingerprint density at radius 1 is 1.64 bits per heavy atom. The van der Waals surface area contributed by atoms with E-state index < -0.39 is 10.0 Å². The molecular formula is C7H13N3O3S. The summed E-state index contributed by atoms with van der Waals surface area (Å²) in [6, 6.07) is 0. The first kappa shape index (κ1) is 11.2. The van der Waals surface area contributed by atoms with Crippen LogP contribution in [-0.2, 0) is 14.8 Å². The van der Waals surface area contributed by atoms with Crippen molar-refractivity contribution in [3.05, 3.63) is 12.0 Å². The van der Waals surface area contributed by atoms with Crippen LogP contribution in [0.1, 0.15) is 5.82 Å². The predicted molar refractivity (Wildman–Crippen MR) is 50.4 cm³/mol. The van der Waals surface area contributed by atoms with Crippen LogP contribution in [0.4, 0.5) is 0 Å². The van der Waals surface area contributed by atoms with E-state index in [1.807, 2.05) is 0 Å². The number of aromatic amines is 1. The summed E-state index contributed by atoms with van der Waals surface area (Å²) in [5.41, 5.74) is 0. The molecule has 6 nitrogen and oxygen atoms in total. The van der Waals surface area contributed by atoms with Crippen LogP contribution >= 0.6 is 0 Å². The van der Waals surface area contributed by atoms with E-state index in [1.54, 1.807) is 6.92 Å². The minimum absolute atomic E-state index is 0.0751. The van der Waals surface area contributed by atoms with Gasteiger partial charge in [0.2, 0.25) is 0 Å². The quantitative estimate of drug-likeness (QED) is 0.662. The van der Waals surface area contributed by atoms with Gasteiger partial charge in [-0.1, -0.05) is 0 Å². The molecular weight excluding hydrogens is 206 g/mol. The van der Waals surface area contributed by atoms with Crippen molar-refractivity contribution in [3.8, 4) is 0 Å². The lowest BCUT2D eigenvalue weighted by Gasteiger charge is -2.02. The van der Waals surface area contributed by atoms with Crippen LogP contribution in [-0.4, -0.2) is 38.6 Å². The number of hydrogen-bond acceptors (Lipinski definition) is 4. The van der Waals surface area contributed by atoms with Crippen molar-refractivity contribution >= 4 is 10.0 Å². The van der Waals surface area contributed by atoms with Crippen LogP contribution in [0.3, 0.4) is 0 Å². The van der Waals surface area contributed by atoms with Gasteiger partial charge in [0.25, 0.3) is 10.0 Å². The number of nitrogens with one attached hydrogen (secondary N) is 2. The van der Waals surface area contributed by atoms with Gasteiger partial charge in [-0.3, -0.25) is 0 Å². The minimum Gasteiger partial charge on any atom is -0.383 e. The van der Waals surface area contributed by atoms with Gasteiger partial charge in [-0.25, -0.2) is 18.1 Å². The maximum Gasteiger partial charge on any atom is 0.257 e. The Morgan fingerprint density at radius 3 is 2.86 bits per heavy atom. The van der Waals surface area contributed by atoms with Gasteiger partial charge in [0.05, 0.1) is 12.8 Å². The van der Waals surface area contributed by atoms with E-state index in [-0.39, 0.29) is 11.6 Å². The molecule has 0 saturated heterocycles. The van der Waals surface area contributed by atoms with E-state index in [0.29, 0.717) is 12.4 Å². The lowest BCUT2D eigenvalue weighted by atomic mass is 10.7. The maximum absolute atomic E-state index is 11.5. The number of rotatable bonds is 5. The Balaban J connectivity index is 2.66. The molecule has 14 heavy (non-hydrogen) atoms. The number of hydrogen-bond donors (Lipinski definition) is 2. The average Bonchev–Trinajstić information content (AvgIpc) is 2.53. The fraction of sp³-hybridized carbons (Fsp3) is 0.571. The summed E-state index contributed by atoms with van der Waals surface area (Å²) in [5.74, 6) is 0.567. The molecule has 0 aliphatic carbocycles. The zero-order valence-corrected chi connectivity index (χ0v) is 8.89. The fourth-order valence-corrected chi connectivity index (χ4v) is 1.87. The van der Waals surface area contributed by atoms with Crippen molar-refractivity contribution in [2.45, 2.75) is 11.9 Å². The van der Waals surface area contributed by atoms with Crippen molar-refractivity contribution in [3.63, 3.8) is 0 Å². The first-order valence-electron chi connectivity index (χ1n) is 4.06. The molecule has 2 N–H and O–H groups in total. The number of aromatic nitrogens is 2. The van der Waals surface area contributed by atoms with E-state index in [0.717, 1.165) is 0 Å². The Hall–Kier alpha value is -0.920. The first-order chi connectivity index (χ1) is 6.56. The second-order valence-corrected chi connectivity index (χ2v) is 4.46. The van der Waals surface area contributed by atoms with Gasteiger partial charge in [-0.2, -0.15) is 0 Å². The molecule has 0 spiro atoms. The molecule has 0 aliphatic rings.